The molecule has 0 aliphatic carbocycles. The number of hydrogen-bond donors (Lipinski definition) is 3. The Bertz CT molecular complexity index is 478. The van der Waals surface area contributed by atoms with Gasteiger partial charge in [0.05, 0.1) is 0 Å². The molecule has 0 bridgehead atoms. The highest BCUT2D eigenvalue weighted by atomic mass is 16.4. The number of carbonyl (C=O) groups excluding carboxylic acids is 1. The van der Waals surface area contributed by atoms with Crippen LogP contribution in [0.5, 0.6) is 0 Å². The van der Waals surface area contributed by atoms with Crippen molar-refractivity contribution in [2.45, 2.75) is 46.7 Å². The van der Waals surface area contributed by atoms with E-state index >= 15 is 0 Å². The van der Waals surface area contributed by atoms with Gasteiger partial charge in [-0.05, 0) is 26.3 Å². The lowest BCUT2D eigenvalue weighted by atomic mass is 9.85. The Morgan fingerprint density at radius 2 is 1.87 bits per heavy atom. The van der Waals surface area contributed by atoms with Gasteiger partial charge in [-0.25, -0.2) is 4.79 Å². The van der Waals surface area contributed by atoms with Gasteiger partial charge in [0, 0.05) is 30.9 Å². The number of nitrogens with zero attached hydrogens (tertiary/aromatic N) is 1. The fourth-order valence-electron chi connectivity index (χ4n) is 1.80. The Hall–Kier alpha value is -1.82. The van der Waals surface area contributed by atoms with E-state index < -0.39 is 12.0 Å². The van der Waals surface area contributed by atoms with Crippen LogP contribution < -0.4 is 10.6 Å². The molecule has 132 valence electrons. The molecule has 6 nitrogen and oxygen atoms in total. The minimum Gasteiger partial charge on any atom is -0.478 e. The molecule has 2 atom stereocenters. The number of amides is 1. The normalized spacial score (nSPS) is 14.8. The zero-order valence-corrected chi connectivity index (χ0v) is 15.4. The summed E-state index contributed by atoms with van der Waals surface area (Å²) in [4.78, 5) is 25.1. The summed E-state index contributed by atoms with van der Waals surface area (Å²) in [7, 11) is 3.50. The summed E-state index contributed by atoms with van der Waals surface area (Å²) >= 11 is 0. The largest absolute Gasteiger partial charge is 0.478 e. The van der Waals surface area contributed by atoms with Crippen molar-refractivity contribution in [1.82, 2.24) is 15.5 Å². The van der Waals surface area contributed by atoms with E-state index in [9.17, 15) is 9.59 Å². The number of rotatable bonds is 8. The van der Waals surface area contributed by atoms with Gasteiger partial charge in [-0.2, -0.15) is 0 Å². The second kappa shape index (κ2) is 8.72. The Kier molecular flexibility index (Phi) is 8.03. The highest BCUT2D eigenvalue weighted by Crippen LogP contribution is 2.22. The van der Waals surface area contributed by atoms with Gasteiger partial charge in [0.15, 0.2) is 0 Å². The molecule has 0 saturated heterocycles. The van der Waals surface area contributed by atoms with E-state index in [0.717, 1.165) is 5.70 Å². The summed E-state index contributed by atoms with van der Waals surface area (Å²) in [6.07, 6.45) is 1.53. The van der Waals surface area contributed by atoms with E-state index in [2.05, 4.69) is 17.2 Å². The van der Waals surface area contributed by atoms with Crippen molar-refractivity contribution in [3.05, 3.63) is 23.9 Å². The molecule has 0 saturated carbocycles. The van der Waals surface area contributed by atoms with Crippen LogP contribution in [0.2, 0.25) is 0 Å². The molecule has 0 aliphatic heterocycles. The fourth-order valence-corrected chi connectivity index (χ4v) is 1.80. The van der Waals surface area contributed by atoms with E-state index in [1.807, 2.05) is 34.7 Å². The van der Waals surface area contributed by atoms with E-state index in [-0.39, 0.29) is 29.5 Å². The van der Waals surface area contributed by atoms with Gasteiger partial charge in [-0.3, -0.25) is 4.79 Å². The van der Waals surface area contributed by atoms with Crippen LogP contribution in [0.25, 0.3) is 0 Å². The average Bonchev–Trinajstić information content (AvgIpc) is 2.46. The Morgan fingerprint density at radius 3 is 2.26 bits per heavy atom. The van der Waals surface area contributed by atoms with Gasteiger partial charge < -0.3 is 20.6 Å². The minimum absolute atomic E-state index is 0.0344. The lowest BCUT2D eigenvalue weighted by molar-refractivity contribution is -0.135. The van der Waals surface area contributed by atoms with Crippen molar-refractivity contribution in [3.8, 4) is 0 Å². The molecule has 0 radical (unpaired) electrons. The van der Waals surface area contributed by atoms with Crippen LogP contribution in [0, 0.1) is 5.41 Å². The summed E-state index contributed by atoms with van der Waals surface area (Å²) in [5.41, 5.74) is 0.650. The SMILES string of the molecule is C=C(NC(C(=O)N(C)C/C=C(\C)C(=O)O)C(C)(C)C)C(C)NC. The van der Waals surface area contributed by atoms with Crippen molar-refractivity contribution < 1.29 is 14.7 Å². The van der Waals surface area contributed by atoms with Crippen LogP contribution in [0.15, 0.2) is 23.9 Å². The monoisotopic (exact) mass is 325 g/mol. The summed E-state index contributed by atoms with van der Waals surface area (Å²) < 4.78 is 0. The van der Waals surface area contributed by atoms with Crippen LogP contribution in [-0.2, 0) is 9.59 Å². The maximum absolute atomic E-state index is 12.7. The number of carboxylic acid groups (broad SMARTS) is 1. The zero-order chi connectivity index (χ0) is 18.4. The number of aliphatic carboxylic acids is 1. The van der Waals surface area contributed by atoms with Crippen LogP contribution in [-0.4, -0.2) is 54.6 Å². The van der Waals surface area contributed by atoms with E-state index in [0.29, 0.717) is 0 Å². The van der Waals surface area contributed by atoms with Crippen LogP contribution in [0.4, 0.5) is 0 Å². The summed E-state index contributed by atoms with van der Waals surface area (Å²) in [5.74, 6) is -1.08. The highest BCUT2D eigenvalue weighted by Gasteiger charge is 2.33. The number of carboxylic acids is 1. The quantitative estimate of drug-likeness (QED) is 0.591. The zero-order valence-electron chi connectivity index (χ0n) is 15.4. The van der Waals surface area contributed by atoms with Crippen molar-refractivity contribution in [2.75, 3.05) is 20.6 Å². The molecule has 0 spiro atoms. The lowest BCUT2D eigenvalue weighted by Crippen LogP contribution is -2.53. The Morgan fingerprint density at radius 1 is 1.35 bits per heavy atom. The molecule has 0 aromatic rings. The first-order valence-corrected chi connectivity index (χ1v) is 7.69. The maximum atomic E-state index is 12.7. The number of hydrogen-bond acceptors (Lipinski definition) is 4. The van der Waals surface area contributed by atoms with Crippen molar-refractivity contribution in [3.63, 3.8) is 0 Å². The molecule has 23 heavy (non-hydrogen) atoms. The number of nitrogens with one attached hydrogen (secondary N) is 2. The molecule has 0 aliphatic rings. The number of carbonyl (C=O) groups is 2. The van der Waals surface area contributed by atoms with Gasteiger partial charge in [-0.15, -0.1) is 0 Å². The smallest absolute Gasteiger partial charge is 0.331 e. The molecule has 0 aromatic carbocycles. The predicted molar refractivity (Wildman–Crippen MR) is 93.1 cm³/mol. The van der Waals surface area contributed by atoms with Crippen molar-refractivity contribution in [1.29, 1.82) is 0 Å². The van der Waals surface area contributed by atoms with Gasteiger partial charge in [-0.1, -0.05) is 33.4 Å². The van der Waals surface area contributed by atoms with E-state index in [1.165, 1.54) is 17.9 Å². The molecule has 0 aromatic heterocycles. The van der Waals surface area contributed by atoms with Gasteiger partial charge in [0.2, 0.25) is 5.91 Å². The molecule has 0 rings (SSSR count). The summed E-state index contributed by atoms with van der Waals surface area (Å²) in [6, 6.07) is -0.415. The molecule has 2 unspecified atom stereocenters. The lowest BCUT2D eigenvalue weighted by Gasteiger charge is -2.35. The first-order chi connectivity index (χ1) is 10.4. The van der Waals surface area contributed by atoms with Gasteiger partial charge in [0.1, 0.15) is 6.04 Å². The van der Waals surface area contributed by atoms with E-state index in [1.54, 1.807) is 7.05 Å². The summed E-state index contributed by atoms with van der Waals surface area (Å²) in [6.45, 7) is 13.6. The first-order valence-electron chi connectivity index (χ1n) is 7.69. The third kappa shape index (κ3) is 6.86. The molecular weight excluding hydrogens is 294 g/mol. The second-order valence-electron chi connectivity index (χ2n) is 6.89. The first kappa shape index (κ1) is 21.2. The van der Waals surface area contributed by atoms with Crippen LogP contribution in [0.1, 0.15) is 34.6 Å². The second-order valence-corrected chi connectivity index (χ2v) is 6.89. The third-order valence-corrected chi connectivity index (χ3v) is 3.78. The molecule has 6 heteroatoms. The van der Waals surface area contributed by atoms with Crippen LogP contribution in [0.3, 0.4) is 0 Å². The van der Waals surface area contributed by atoms with Crippen molar-refractivity contribution >= 4 is 11.9 Å². The molecular formula is C17H31N3O3. The standard InChI is InChI=1S/C17H31N3O3/c1-11(16(22)23)9-10-20(8)15(21)14(17(4,5)6)19-13(3)12(2)18-7/h9,12,14,18-19H,3,10H2,1-2,4-8H3,(H,22,23)/b11-9+. The van der Waals surface area contributed by atoms with Crippen molar-refractivity contribution in [2.24, 2.45) is 5.41 Å². The third-order valence-electron chi connectivity index (χ3n) is 3.78. The Balaban J connectivity index is 5.12. The van der Waals surface area contributed by atoms with E-state index in [4.69, 9.17) is 5.11 Å². The molecule has 1 amide bonds. The van der Waals surface area contributed by atoms with Gasteiger partial charge in [0.25, 0.3) is 0 Å². The minimum atomic E-state index is -0.979. The topological polar surface area (TPSA) is 81.7 Å². The van der Waals surface area contributed by atoms with Crippen LogP contribution >= 0.6 is 0 Å². The molecule has 3 N–H and O–H groups in total. The summed E-state index contributed by atoms with van der Waals surface area (Å²) in [5, 5.41) is 15.2. The fraction of sp³-hybridized carbons (Fsp3) is 0.647. The maximum Gasteiger partial charge on any atom is 0.331 e. The average molecular weight is 325 g/mol. The number of likely N-dealkylation sites (N-methyl/N-ethyl adjacent to an activating group) is 2. The Labute approximate surface area is 139 Å². The predicted octanol–water partition coefficient (Wildman–Crippen LogP) is 1.60. The molecule has 0 fully saturated rings. The van der Waals surface area contributed by atoms with Gasteiger partial charge >= 0.3 is 5.97 Å². The molecule has 0 heterocycles. The highest BCUT2D eigenvalue weighted by molar-refractivity contribution is 5.86.